The van der Waals surface area contributed by atoms with E-state index in [-0.39, 0.29) is 5.91 Å². The second kappa shape index (κ2) is 9.75. The number of anilines is 1. The molecule has 4 rings (SSSR count). The van der Waals surface area contributed by atoms with Gasteiger partial charge in [0.2, 0.25) is 11.0 Å². The lowest BCUT2D eigenvalue weighted by Crippen LogP contribution is -2.27. The van der Waals surface area contributed by atoms with Gasteiger partial charge in [-0.05, 0) is 61.5 Å². The van der Waals surface area contributed by atoms with Gasteiger partial charge in [-0.25, -0.2) is 4.98 Å². The molecule has 0 aliphatic heterocycles. The minimum Gasteiger partial charge on any atom is -0.497 e. The van der Waals surface area contributed by atoms with Crippen LogP contribution in [-0.2, 0) is 4.79 Å². The summed E-state index contributed by atoms with van der Waals surface area (Å²) in [5, 5.41) is 18.4. The predicted octanol–water partition coefficient (Wildman–Crippen LogP) is 7.57. The van der Waals surface area contributed by atoms with Gasteiger partial charge < -0.3 is 9.64 Å². The van der Waals surface area contributed by atoms with E-state index in [1.54, 1.807) is 18.9 Å². The Labute approximate surface area is 192 Å². The summed E-state index contributed by atoms with van der Waals surface area (Å²) in [4.78, 5) is 18.7. The Morgan fingerprint density at radius 3 is 2.22 bits per heavy atom. The van der Waals surface area contributed by atoms with Gasteiger partial charge in [-0.2, -0.15) is 0 Å². The van der Waals surface area contributed by atoms with Crippen molar-refractivity contribution >= 4 is 65.3 Å². The van der Waals surface area contributed by atoms with Crippen molar-refractivity contribution in [1.29, 1.82) is 0 Å². The molecular weight excluding hydrogens is 444 g/mol. The third-order valence-electron chi connectivity index (χ3n) is 4.51. The molecule has 0 N–H and O–H groups in total. The van der Waals surface area contributed by atoms with Crippen molar-refractivity contribution < 1.29 is 9.53 Å². The summed E-state index contributed by atoms with van der Waals surface area (Å²) in [5.41, 5.74) is 2.28. The molecule has 0 saturated heterocycles. The smallest absolute Gasteiger partial charge is 0.231 e. The second-order valence-electron chi connectivity index (χ2n) is 6.63. The predicted molar refractivity (Wildman–Crippen MR) is 129 cm³/mol. The van der Waals surface area contributed by atoms with Crippen LogP contribution in [-0.4, -0.2) is 24.5 Å². The van der Waals surface area contributed by atoms with Gasteiger partial charge in [0.25, 0.3) is 0 Å². The maximum atomic E-state index is 11.7. The number of nitrogens with zero attached hydrogens (tertiary/aromatic N) is 6. The zero-order chi connectivity index (χ0) is 22.5. The van der Waals surface area contributed by atoms with Crippen molar-refractivity contribution in [2.75, 3.05) is 18.6 Å². The molecule has 2 aromatic heterocycles. The third-order valence-corrected chi connectivity index (χ3v) is 6.44. The van der Waals surface area contributed by atoms with E-state index in [1.165, 1.54) is 22.7 Å². The summed E-state index contributed by atoms with van der Waals surface area (Å²) in [6.07, 6.45) is 0. The maximum absolute atomic E-state index is 11.7. The van der Waals surface area contributed by atoms with E-state index in [9.17, 15) is 4.79 Å². The Kier molecular flexibility index (Phi) is 6.62. The second-order valence-corrected chi connectivity index (χ2v) is 8.65. The number of carbonyl (C=O) groups excluding carboxylic acids is 1. The molecular formula is C22H20N6O2S2. The van der Waals surface area contributed by atoms with E-state index in [1.807, 2.05) is 61.5 Å². The first-order valence-corrected chi connectivity index (χ1v) is 11.4. The number of ether oxygens (including phenoxy) is 1. The van der Waals surface area contributed by atoms with Gasteiger partial charge in [0.15, 0.2) is 0 Å². The Morgan fingerprint density at radius 2 is 1.62 bits per heavy atom. The molecule has 0 saturated carbocycles. The van der Waals surface area contributed by atoms with Gasteiger partial charge in [0, 0.05) is 19.2 Å². The molecule has 0 atom stereocenters. The molecule has 0 unspecified atom stereocenters. The Bertz CT molecular complexity index is 1240. The number of azo groups is 2. The molecule has 0 fully saturated rings. The molecule has 32 heavy (non-hydrogen) atoms. The van der Waals surface area contributed by atoms with Crippen LogP contribution in [0.15, 0.2) is 75.1 Å². The summed E-state index contributed by atoms with van der Waals surface area (Å²) in [7, 11) is 1.63. The molecule has 162 valence electrons. The first kappa shape index (κ1) is 21.7. The number of thiazole rings is 1. The molecule has 0 aliphatic carbocycles. The molecule has 2 aromatic carbocycles. The lowest BCUT2D eigenvalue weighted by atomic mass is 10.2. The number of carbonyl (C=O) groups is 1. The molecule has 0 spiro atoms. The van der Waals surface area contributed by atoms with Crippen LogP contribution in [0.4, 0.5) is 27.2 Å². The van der Waals surface area contributed by atoms with E-state index in [0.29, 0.717) is 17.4 Å². The highest BCUT2D eigenvalue weighted by atomic mass is 32.1. The fraction of sp³-hybridized carbons (Fsp3) is 0.182. The maximum Gasteiger partial charge on any atom is 0.231 e. The highest BCUT2D eigenvalue weighted by Crippen LogP contribution is 2.39. The van der Waals surface area contributed by atoms with Crippen LogP contribution in [0.1, 0.15) is 13.8 Å². The lowest BCUT2D eigenvalue weighted by Gasteiger charge is -2.18. The highest BCUT2D eigenvalue weighted by Gasteiger charge is 2.10. The molecule has 10 heteroatoms. The minimum atomic E-state index is 0.00707. The van der Waals surface area contributed by atoms with E-state index in [2.05, 4.69) is 25.4 Å². The topological polar surface area (TPSA) is 91.9 Å². The number of hydrogen-bond donors (Lipinski definition) is 0. The largest absolute Gasteiger partial charge is 0.497 e. The third kappa shape index (κ3) is 5.04. The number of methoxy groups -OCH3 is 1. The van der Waals surface area contributed by atoms with Gasteiger partial charge in [-0.1, -0.05) is 22.7 Å². The zero-order valence-corrected chi connectivity index (χ0v) is 19.4. The number of rotatable bonds is 7. The summed E-state index contributed by atoms with van der Waals surface area (Å²) >= 11 is 2.90. The van der Waals surface area contributed by atoms with Crippen molar-refractivity contribution in [1.82, 2.24) is 4.98 Å². The number of thiophene rings is 1. The zero-order valence-electron chi connectivity index (χ0n) is 17.7. The minimum absolute atomic E-state index is 0.00707. The van der Waals surface area contributed by atoms with E-state index in [4.69, 9.17) is 4.74 Å². The molecule has 4 aromatic rings. The van der Waals surface area contributed by atoms with E-state index >= 15 is 0 Å². The van der Waals surface area contributed by atoms with Crippen molar-refractivity contribution in [2.45, 2.75) is 13.8 Å². The standard InChI is InChI=1S/C22H20N6O2S2/c1-4-28(14(2)29)17-9-5-15(6-10-17)25-27-22-23-21-19(31-22)13-20(32-21)26-24-16-7-11-18(30-3)12-8-16/h5-13H,4H2,1-3H3. The first-order valence-electron chi connectivity index (χ1n) is 9.82. The lowest BCUT2D eigenvalue weighted by molar-refractivity contribution is -0.116. The Hall–Kier alpha value is -3.50. The van der Waals surface area contributed by atoms with Crippen molar-refractivity contribution in [2.24, 2.45) is 20.5 Å². The number of hydrogen-bond acceptors (Lipinski definition) is 9. The summed E-state index contributed by atoms with van der Waals surface area (Å²) in [6, 6.07) is 16.7. The quantitative estimate of drug-likeness (QED) is 0.264. The molecule has 0 bridgehead atoms. The van der Waals surface area contributed by atoms with Crippen molar-refractivity contribution in [3.05, 3.63) is 54.6 Å². The SMILES string of the molecule is CCN(C(C)=O)c1ccc(N=Nc2nc3sc(N=Nc4ccc(OC)cc4)cc3s2)cc1. The van der Waals surface area contributed by atoms with Gasteiger partial charge in [0.05, 0.1) is 23.2 Å². The van der Waals surface area contributed by atoms with Crippen LogP contribution < -0.4 is 9.64 Å². The van der Waals surface area contributed by atoms with Gasteiger partial charge >= 0.3 is 0 Å². The van der Waals surface area contributed by atoms with E-state index < -0.39 is 0 Å². The molecule has 0 aliphatic rings. The van der Waals surface area contributed by atoms with Crippen LogP contribution in [0.3, 0.4) is 0 Å². The molecule has 2 heterocycles. The Morgan fingerprint density at radius 1 is 0.969 bits per heavy atom. The average molecular weight is 465 g/mol. The van der Waals surface area contributed by atoms with Crippen LogP contribution in [0.5, 0.6) is 5.75 Å². The fourth-order valence-electron chi connectivity index (χ4n) is 2.95. The highest BCUT2D eigenvalue weighted by molar-refractivity contribution is 7.30. The van der Waals surface area contributed by atoms with Crippen molar-refractivity contribution in [3.63, 3.8) is 0 Å². The number of amides is 1. The first-order chi connectivity index (χ1) is 15.6. The summed E-state index contributed by atoms with van der Waals surface area (Å²) < 4.78 is 6.13. The van der Waals surface area contributed by atoms with Gasteiger partial charge in [-0.15, -0.1) is 20.5 Å². The van der Waals surface area contributed by atoms with Crippen LogP contribution in [0.25, 0.3) is 9.53 Å². The van der Waals surface area contributed by atoms with Crippen molar-refractivity contribution in [3.8, 4) is 5.75 Å². The van der Waals surface area contributed by atoms with E-state index in [0.717, 1.165) is 31.7 Å². The molecule has 0 radical (unpaired) electrons. The van der Waals surface area contributed by atoms with Crippen LogP contribution in [0, 0.1) is 0 Å². The fourth-order valence-corrected chi connectivity index (χ4v) is 4.80. The number of aromatic nitrogens is 1. The molecule has 1 amide bonds. The normalized spacial score (nSPS) is 11.6. The average Bonchev–Trinajstić information content (AvgIpc) is 3.36. The monoisotopic (exact) mass is 464 g/mol. The number of benzene rings is 2. The van der Waals surface area contributed by atoms with Crippen LogP contribution in [0.2, 0.25) is 0 Å². The summed E-state index contributed by atoms with van der Waals surface area (Å²) in [5.74, 6) is 0.786. The van der Waals surface area contributed by atoms with Gasteiger partial charge in [-0.3, -0.25) is 4.79 Å². The van der Waals surface area contributed by atoms with Gasteiger partial charge in [0.1, 0.15) is 15.6 Å². The number of fused-ring (bicyclic) bond motifs is 1. The van der Waals surface area contributed by atoms with Crippen LogP contribution >= 0.6 is 22.7 Å². The Balaban J connectivity index is 1.43. The molecule has 8 nitrogen and oxygen atoms in total. The summed E-state index contributed by atoms with van der Waals surface area (Å²) in [6.45, 7) is 4.11.